The molecule has 0 aliphatic heterocycles. The van der Waals surface area contributed by atoms with E-state index in [2.05, 4.69) is 11.2 Å². The average Bonchev–Trinajstić information content (AvgIpc) is 2.19. The number of hydroxylamine groups is 2. The first-order valence-corrected chi connectivity index (χ1v) is 4.41. The maximum Gasteiger partial charge on any atom is 0.430 e. The van der Waals surface area contributed by atoms with Gasteiger partial charge in [0, 0.05) is 12.7 Å². The van der Waals surface area contributed by atoms with Crippen molar-refractivity contribution in [3.63, 3.8) is 0 Å². The molecule has 0 saturated heterocycles. The number of hydrogen-bond acceptors (Lipinski definition) is 3. The van der Waals surface area contributed by atoms with Crippen LogP contribution in [0, 0.1) is 12.3 Å². The molecule has 0 fully saturated rings. The summed E-state index contributed by atoms with van der Waals surface area (Å²) in [6, 6.07) is 9.04. The highest BCUT2D eigenvalue weighted by Crippen LogP contribution is 2.05. The van der Waals surface area contributed by atoms with Crippen molar-refractivity contribution >= 4 is 11.8 Å². The van der Waals surface area contributed by atoms with Crippen molar-refractivity contribution in [1.29, 1.82) is 0 Å². The lowest BCUT2D eigenvalue weighted by atomic mass is 10.3. The second kappa shape index (κ2) is 5.68. The fourth-order valence-electron chi connectivity index (χ4n) is 0.965. The van der Waals surface area contributed by atoms with E-state index in [4.69, 9.17) is 11.3 Å². The number of hydrogen-bond donors (Lipinski definition) is 1. The predicted octanol–water partition coefficient (Wildman–Crippen LogP) is 1.72. The van der Waals surface area contributed by atoms with E-state index in [0.29, 0.717) is 5.69 Å². The number of terminal acetylenes is 1. The molecule has 1 amide bonds. The third-order valence-electron chi connectivity index (χ3n) is 1.57. The first kappa shape index (κ1) is 11.1. The Labute approximate surface area is 88.8 Å². The number of anilines is 1. The van der Waals surface area contributed by atoms with E-state index in [1.165, 1.54) is 5.06 Å². The van der Waals surface area contributed by atoms with Gasteiger partial charge in [0.2, 0.25) is 0 Å². The van der Waals surface area contributed by atoms with Gasteiger partial charge in [-0.15, -0.1) is 11.5 Å². The van der Waals surface area contributed by atoms with Crippen molar-refractivity contribution in [1.82, 2.24) is 5.06 Å². The van der Waals surface area contributed by atoms with Crippen LogP contribution in [-0.4, -0.2) is 24.7 Å². The summed E-state index contributed by atoms with van der Waals surface area (Å²) in [5.41, 5.74) is 0.677. The van der Waals surface area contributed by atoms with Crippen molar-refractivity contribution in [2.45, 2.75) is 0 Å². The van der Waals surface area contributed by atoms with Crippen LogP contribution in [0.3, 0.4) is 0 Å². The number of nitrogens with one attached hydrogen (secondary N) is 1. The summed E-state index contributed by atoms with van der Waals surface area (Å²) in [6.07, 6.45) is 4.50. The second-order valence-corrected chi connectivity index (χ2v) is 2.86. The summed E-state index contributed by atoms with van der Waals surface area (Å²) >= 11 is 0. The molecule has 4 nitrogen and oxygen atoms in total. The molecule has 0 radical (unpaired) electrons. The standard InChI is InChI=1S/C11H12N2O2/c1-3-9-13(2)15-11(14)12-10-7-5-4-6-8-10/h1,4-8H,9H2,2H3,(H,12,14). The highest BCUT2D eigenvalue weighted by atomic mass is 16.7. The highest BCUT2D eigenvalue weighted by Gasteiger charge is 2.05. The molecule has 0 saturated carbocycles. The molecule has 0 atom stereocenters. The van der Waals surface area contributed by atoms with Gasteiger partial charge in [0.15, 0.2) is 0 Å². The number of amides is 1. The molecule has 0 bridgehead atoms. The molecule has 15 heavy (non-hydrogen) atoms. The van der Waals surface area contributed by atoms with Crippen LogP contribution in [0.15, 0.2) is 30.3 Å². The van der Waals surface area contributed by atoms with Crippen LogP contribution >= 0.6 is 0 Å². The van der Waals surface area contributed by atoms with Gasteiger partial charge in [0.05, 0.1) is 6.54 Å². The largest absolute Gasteiger partial charge is 0.430 e. The van der Waals surface area contributed by atoms with Crippen LogP contribution in [0.2, 0.25) is 0 Å². The molecule has 4 heteroatoms. The summed E-state index contributed by atoms with van der Waals surface area (Å²) in [5, 5.41) is 3.84. The van der Waals surface area contributed by atoms with Gasteiger partial charge in [-0.05, 0) is 12.1 Å². The van der Waals surface area contributed by atoms with Crippen LogP contribution < -0.4 is 5.32 Å². The zero-order valence-corrected chi connectivity index (χ0v) is 8.43. The monoisotopic (exact) mass is 204 g/mol. The van der Waals surface area contributed by atoms with Crippen LogP contribution in [0.4, 0.5) is 10.5 Å². The molecule has 1 rings (SSSR count). The van der Waals surface area contributed by atoms with E-state index in [1.54, 1.807) is 19.2 Å². The number of carbonyl (C=O) groups excluding carboxylic acids is 1. The van der Waals surface area contributed by atoms with Gasteiger partial charge in [0.25, 0.3) is 0 Å². The summed E-state index contributed by atoms with van der Waals surface area (Å²) in [4.78, 5) is 16.1. The third-order valence-corrected chi connectivity index (χ3v) is 1.57. The van der Waals surface area contributed by atoms with Gasteiger partial charge in [0.1, 0.15) is 0 Å². The topological polar surface area (TPSA) is 41.6 Å². The Hall–Kier alpha value is -1.99. The Morgan fingerprint density at radius 2 is 2.20 bits per heavy atom. The summed E-state index contributed by atoms with van der Waals surface area (Å²) in [6.45, 7) is 0.252. The second-order valence-electron chi connectivity index (χ2n) is 2.86. The first-order valence-electron chi connectivity index (χ1n) is 4.41. The molecule has 0 aromatic heterocycles. The lowest BCUT2D eigenvalue weighted by Crippen LogP contribution is -2.26. The molecular weight excluding hydrogens is 192 g/mol. The van der Waals surface area contributed by atoms with E-state index in [9.17, 15) is 4.79 Å². The smallest absolute Gasteiger partial charge is 0.350 e. The average molecular weight is 204 g/mol. The van der Waals surface area contributed by atoms with Crippen molar-refractivity contribution in [3.8, 4) is 12.3 Å². The van der Waals surface area contributed by atoms with Crippen molar-refractivity contribution in [3.05, 3.63) is 30.3 Å². The predicted molar refractivity (Wildman–Crippen MR) is 58.0 cm³/mol. The molecular formula is C11H12N2O2. The van der Waals surface area contributed by atoms with Crippen LogP contribution in [0.25, 0.3) is 0 Å². The maximum absolute atomic E-state index is 11.3. The van der Waals surface area contributed by atoms with Crippen LogP contribution in [0.5, 0.6) is 0 Å². The molecule has 0 heterocycles. The van der Waals surface area contributed by atoms with Crippen LogP contribution in [0.1, 0.15) is 0 Å². The Bertz CT molecular complexity index is 357. The van der Waals surface area contributed by atoms with Crippen LogP contribution in [-0.2, 0) is 4.84 Å². The van der Waals surface area contributed by atoms with Gasteiger partial charge in [-0.3, -0.25) is 5.32 Å². The Morgan fingerprint density at radius 1 is 1.53 bits per heavy atom. The van der Waals surface area contributed by atoms with E-state index in [0.717, 1.165) is 0 Å². The molecule has 0 unspecified atom stereocenters. The quantitative estimate of drug-likeness (QED) is 0.602. The molecule has 78 valence electrons. The van der Waals surface area contributed by atoms with Gasteiger partial charge >= 0.3 is 6.09 Å². The zero-order chi connectivity index (χ0) is 11.1. The fourth-order valence-corrected chi connectivity index (χ4v) is 0.965. The van der Waals surface area contributed by atoms with Crippen molar-refractivity contribution in [2.75, 3.05) is 18.9 Å². The molecule has 0 aliphatic carbocycles. The summed E-state index contributed by atoms with van der Waals surface area (Å²) < 4.78 is 0. The molecule has 1 N–H and O–H groups in total. The van der Waals surface area contributed by atoms with E-state index >= 15 is 0 Å². The van der Waals surface area contributed by atoms with Crippen molar-refractivity contribution < 1.29 is 9.63 Å². The Balaban J connectivity index is 2.41. The molecule has 1 aromatic rings. The normalized spacial score (nSPS) is 9.40. The highest BCUT2D eigenvalue weighted by molar-refractivity contribution is 5.84. The number of nitrogens with zero attached hydrogens (tertiary/aromatic N) is 1. The fraction of sp³-hybridized carbons (Fsp3) is 0.182. The lowest BCUT2D eigenvalue weighted by Gasteiger charge is -2.13. The number of benzene rings is 1. The van der Waals surface area contributed by atoms with Gasteiger partial charge in [-0.25, -0.2) is 4.79 Å². The molecule has 0 aliphatic rings. The minimum Gasteiger partial charge on any atom is -0.350 e. The number of para-hydroxylation sites is 1. The summed E-state index contributed by atoms with van der Waals surface area (Å²) in [7, 11) is 1.59. The molecule has 0 spiro atoms. The maximum atomic E-state index is 11.3. The third kappa shape index (κ3) is 4.16. The number of carbonyl (C=O) groups is 1. The van der Waals surface area contributed by atoms with Gasteiger partial charge in [-0.1, -0.05) is 24.1 Å². The van der Waals surface area contributed by atoms with E-state index in [1.807, 2.05) is 18.2 Å². The van der Waals surface area contributed by atoms with E-state index < -0.39 is 6.09 Å². The first-order chi connectivity index (χ1) is 7.22. The minimum absolute atomic E-state index is 0.252. The summed E-state index contributed by atoms with van der Waals surface area (Å²) in [5.74, 6) is 2.36. The SMILES string of the molecule is C#CCN(C)OC(=O)Nc1ccccc1. The lowest BCUT2D eigenvalue weighted by molar-refractivity contribution is -0.0595. The van der Waals surface area contributed by atoms with E-state index in [-0.39, 0.29) is 6.54 Å². The number of rotatable bonds is 3. The van der Waals surface area contributed by atoms with Crippen molar-refractivity contribution in [2.24, 2.45) is 0 Å². The Morgan fingerprint density at radius 3 is 2.80 bits per heavy atom. The molecule has 1 aromatic carbocycles. The van der Waals surface area contributed by atoms with Gasteiger partial charge in [-0.2, -0.15) is 0 Å². The van der Waals surface area contributed by atoms with Gasteiger partial charge < -0.3 is 4.84 Å². The Kier molecular flexibility index (Phi) is 4.20. The minimum atomic E-state index is -0.557. The zero-order valence-electron chi connectivity index (χ0n) is 8.43.